The second-order valence-corrected chi connectivity index (χ2v) is 8.59. The fraction of sp³-hybridized carbons (Fsp3) is 0.0476. The van der Waals surface area contributed by atoms with E-state index in [0.29, 0.717) is 21.7 Å². The summed E-state index contributed by atoms with van der Waals surface area (Å²) >= 11 is 6.06. The molecular weight excluding hydrogens is 408 g/mol. The molecule has 0 radical (unpaired) electrons. The maximum atomic E-state index is 12.9. The first-order valence-corrected chi connectivity index (χ1v) is 10.7. The van der Waals surface area contributed by atoms with Gasteiger partial charge < -0.3 is 5.32 Å². The van der Waals surface area contributed by atoms with Gasteiger partial charge in [-0.05, 0) is 55.0 Å². The third kappa shape index (κ3) is 4.31. The summed E-state index contributed by atoms with van der Waals surface area (Å²) in [5.74, 6) is 0.382. The molecule has 6 nitrogen and oxygen atoms in total. The average molecular weight is 425 g/mol. The number of rotatable bonds is 5. The van der Waals surface area contributed by atoms with Crippen LogP contribution in [0.4, 0.5) is 17.3 Å². The topological polar surface area (TPSA) is 84.0 Å². The SMILES string of the molecule is Cc1cccc(S(=O)(=O)Nc2nc3ccccc3nc2Nc2cccc(Cl)c2)c1. The van der Waals surface area contributed by atoms with Crippen molar-refractivity contribution >= 4 is 50.0 Å². The molecule has 4 aromatic rings. The first kappa shape index (κ1) is 19.2. The molecule has 0 amide bonds. The average Bonchev–Trinajstić information content (AvgIpc) is 2.68. The van der Waals surface area contributed by atoms with E-state index < -0.39 is 10.0 Å². The lowest BCUT2D eigenvalue weighted by Gasteiger charge is -2.14. The van der Waals surface area contributed by atoms with Crippen LogP contribution in [0, 0.1) is 6.92 Å². The van der Waals surface area contributed by atoms with Crippen LogP contribution in [0.3, 0.4) is 0 Å². The number of benzene rings is 3. The summed E-state index contributed by atoms with van der Waals surface area (Å²) in [4.78, 5) is 9.18. The predicted molar refractivity (Wildman–Crippen MR) is 116 cm³/mol. The third-order valence-electron chi connectivity index (χ3n) is 4.19. The molecule has 8 heteroatoms. The van der Waals surface area contributed by atoms with E-state index in [9.17, 15) is 8.42 Å². The van der Waals surface area contributed by atoms with Crippen molar-refractivity contribution in [2.24, 2.45) is 0 Å². The molecule has 3 aromatic carbocycles. The van der Waals surface area contributed by atoms with Crippen molar-refractivity contribution in [2.45, 2.75) is 11.8 Å². The van der Waals surface area contributed by atoms with Crippen molar-refractivity contribution in [2.75, 3.05) is 10.0 Å². The summed E-state index contributed by atoms with van der Waals surface area (Å²) in [7, 11) is -3.85. The smallest absolute Gasteiger partial charge is 0.263 e. The molecule has 0 aliphatic rings. The summed E-state index contributed by atoms with van der Waals surface area (Å²) in [5.41, 5.74) is 2.72. The Bertz CT molecular complexity index is 1310. The van der Waals surface area contributed by atoms with Gasteiger partial charge in [-0.3, -0.25) is 4.72 Å². The van der Waals surface area contributed by atoms with Gasteiger partial charge in [0.2, 0.25) is 0 Å². The fourth-order valence-electron chi connectivity index (χ4n) is 2.83. The Morgan fingerprint density at radius 3 is 2.21 bits per heavy atom. The van der Waals surface area contributed by atoms with Crippen LogP contribution < -0.4 is 10.0 Å². The number of sulfonamides is 1. The number of hydrogen-bond acceptors (Lipinski definition) is 5. The van der Waals surface area contributed by atoms with Crippen molar-refractivity contribution in [3.05, 3.63) is 83.4 Å². The van der Waals surface area contributed by atoms with Gasteiger partial charge in [0.1, 0.15) is 0 Å². The second-order valence-electron chi connectivity index (χ2n) is 6.47. The summed E-state index contributed by atoms with van der Waals surface area (Å²) < 4.78 is 28.4. The zero-order chi connectivity index (χ0) is 20.4. The highest BCUT2D eigenvalue weighted by Gasteiger charge is 2.19. The monoisotopic (exact) mass is 424 g/mol. The minimum Gasteiger partial charge on any atom is -0.337 e. The summed E-state index contributed by atoms with van der Waals surface area (Å²) in [6, 6.07) is 21.0. The molecule has 29 heavy (non-hydrogen) atoms. The number of aromatic nitrogens is 2. The first-order chi connectivity index (χ1) is 13.9. The normalized spacial score (nSPS) is 11.4. The Morgan fingerprint density at radius 1 is 0.828 bits per heavy atom. The van der Waals surface area contributed by atoms with Crippen molar-refractivity contribution < 1.29 is 8.42 Å². The molecule has 146 valence electrons. The standard InChI is InChI=1S/C21H17ClN4O2S/c1-14-6-4-9-17(12-14)29(27,28)26-21-20(23-16-8-5-7-15(22)13-16)24-18-10-2-3-11-19(18)25-21/h2-13H,1H3,(H,23,24)(H,25,26). The molecule has 1 heterocycles. The van der Waals surface area contributed by atoms with Crippen LogP contribution in [-0.2, 0) is 10.0 Å². The van der Waals surface area contributed by atoms with Crippen LogP contribution in [0.15, 0.2) is 77.7 Å². The van der Waals surface area contributed by atoms with E-state index in [1.807, 2.05) is 37.3 Å². The van der Waals surface area contributed by atoms with Gasteiger partial charge in [-0.1, -0.05) is 41.9 Å². The molecule has 0 unspecified atom stereocenters. The summed E-state index contributed by atoms with van der Waals surface area (Å²) in [5, 5.41) is 3.65. The number of halogens is 1. The summed E-state index contributed by atoms with van der Waals surface area (Å²) in [6.07, 6.45) is 0. The highest BCUT2D eigenvalue weighted by molar-refractivity contribution is 7.92. The molecule has 0 saturated heterocycles. The van der Waals surface area contributed by atoms with E-state index in [2.05, 4.69) is 20.0 Å². The minimum absolute atomic E-state index is 0.102. The van der Waals surface area contributed by atoms with Crippen molar-refractivity contribution in [3.63, 3.8) is 0 Å². The molecule has 0 aliphatic carbocycles. The highest BCUT2D eigenvalue weighted by Crippen LogP contribution is 2.28. The fourth-order valence-corrected chi connectivity index (χ4v) is 4.13. The van der Waals surface area contributed by atoms with Gasteiger partial charge in [-0.2, -0.15) is 0 Å². The van der Waals surface area contributed by atoms with Gasteiger partial charge in [0.25, 0.3) is 10.0 Å². The summed E-state index contributed by atoms with van der Waals surface area (Å²) in [6.45, 7) is 1.83. The van der Waals surface area contributed by atoms with Crippen LogP contribution >= 0.6 is 11.6 Å². The Labute approximate surface area is 173 Å². The predicted octanol–water partition coefficient (Wildman–Crippen LogP) is 5.14. The molecule has 1 aromatic heterocycles. The van der Waals surface area contributed by atoms with Gasteiger partial charge >= 0.3 is 0 Å². The van der Waals surface area contributed by atoms with Crippen LogP contribution in [0.2, 0.25) is 5.02 Å². The van der Waals surface area contributed by atoms with E-state index in [4.69, 9.17) is 11.6 Å². The zero-order valence-electron chi connectivity index (χ0n) is 15.4. The van der Waals surface area contributed by atoms with E-state index in [1.54, 1.807) is 36.4 Å². The van der Waals surface area contributed by atoms with Gasteiger partial charge in [0.05, 0.1) is 15.9 Å². The van der Waals surface area contributed by atoms with Gasteiger partial charge in [-0.15, -0.1) is 0 Å². The third-order valence-corrected chi connectivity index (χ3v) is 5.76. The van der Waals surface area contributed by atoms with Gasteiger partial charge in [0.15, 0.2) is 11.6 Å². The zero-order valence-corrected chi connectivity index (χ0v) is 17.0. The maximum absolute atomic E-state index is 12.9. The lowest BCUT2D eigenvalue weighted by molar-refractivity contribution is 0.601. The van der Waals surface area contributed by atoms with E-state index in [1.165, 1.54) is 6.07 Å². The molecule has 0 spiro atoms. The Hall–Kier alpha value is -3.16. The number of aryl methyl sites for hydroxylation is 1. The molecule has 0 saturated carbocycles. The van der Waals surface area contributed by atoms with E-state index >= 15 is 0 Å². The van der Waals surface area contributed by atoms with Crippen LogP contribution in [0.1, 0.15) is 5.56 Å². The molecule has 0 bridgehead atoms. The number of anilines is 3. The van der Waals surface area contributed by atoms with Crippen molar-refractivity contribution in [1.82, 2.24) is 9.97 Å². The van der Waals surface area contributed by atoms with Gasteiger partial charge in [0, 0.05) is 10.7 Å². The number of fused-ring (bicyclic) bond motifs is 1. The number of nitrogens with one attached hydrogen (secondary N) is 2. The van der Waals surface area contributed by atoms with Gasteiger partial charge in [-0.25, -0.2) is 18.4 Å². The Kier molecular flexibility index (Phi) is 5.08. The largest absolute Gasteiger partial charge is 0.337 e. The van der Waals surface area contributed by atoms with Crippen LogP contribution in [-0.4, -0.2) is 18.4 Å². The molecule has 4 rings (SSSR count). The highest BCUT2D eigenvalue weighted by atomic mass is 35.5. The minimum atomic E-state index is -3.85. The quantitative estimate of drug-likeness (QED) is 0.463. The van der Waals surface area contributed by atoms with Crippen LogP contribution in [0.5, 0.6) is 0 Å². The number of nitrogens with zero attached hydrogens (tertiary/aromatic N) is 2. The molecule has 0 atom stereocenters. The molecule has 2 N–H and O–H groups in total. The van der Waals surface area contributed by atoms with Crippen molar-refractivity contribution in [3.8, 4) is 0 Å². The lowest BCUT2D eigenvalue weighted by Crippen LogP contribution is -2.16. The first-order valence-electron chi connectivity index (χ1n) is 8.80. The molecular formula is C21H17ClN4O2S. The molecule has 0 aliphatic heterocycles. The second kappa shape index (κ2) is 7.69. The Balaban J connectivity index is 1.79. The lowest BCUT2D eigenvalue weighted by atomic mass is 10.2. The van der Waals surface area contributed by atoms with E-state index in [-0.39, 0.29) is 16.5 Å². The Morgan fingerprint density at radius 2 is 1.52 bits per heavy atom. The van der Waals surface area contributed by atoms with Crippen molar-refractivity contribution in [1.29, 1.82) is 0 Å². The number of hydrogen-bond donors (Lipinski definition) is 2. The maximum Gasteiger partial charge on any atom is 0.263 e. The van der Waals surface area contributed by atoms with E-state index in [0.717, 1.165) is 5.56 Å². The number of para-hydroxylation sites is 2. The molecule has 0 fully saturated rings. The van der Waals surface area contributed by atoms with Crippen LogP contribution in [0.25, 0.3) is 11.0 Å².